The molecule has 0 aromatic heterocycles. The van der Waals surface area contributed by atoms with Crippen LogP contribution in [-0.4, -0.2) is 36.8 Å². The quantitative estimate of drug-likeness (QED) is 0.580. The van der Waals surface area contributed by atoms with Gasteiger partial charge in [0.25, 0.3) is 0 Å². The summed E-state index contributed by atoms with van der Waals surface area (Å²) in [5.41, 5.74) is 0. The van der Waals surface area contributed by atoms with Gasteiger partial charge < -0.3 is 15.7 Å². The topological polar surface area (TPSA) is 61.4 Å². The predicted octanol–water partition coefficient (Wildman–Crippen LogP) is 0.0487. The molecule has 1 heterocycles. The fraction of sp³-hybridized carbons (Fsp3) is 0.889. The summed E-state index contributed by atoms with van der Waals surface area (Å²) in [4.78, 5) is 10.5. The Balaban J connectivity index is 2.13. The molecule has 0 aromatic rings. The maximum atomic E-state index is 10.5. The minimum Gasteiger partial charge on any atom is -0.480 e. The Morgan fingerprint density at radius 3 is 2.77 bits per heavy atom. The van der Waals surface area contributed by atoms with E-state index in [0.29, 0.717) is 5.92 Å². The summed E-state index contributed by atoms with van der Waals surface area (Å²) < 4.78 is 0. The zero-order valence-corrected chi connectivity index (χ0v) is 8.05. The van der Waals surface area contributed by atoms with E-state index in [1.807, 2.05) is 0 Å². The van der Waals surface area contributed by atoms with E-state index in [4.69, 9.17) is 5.11 Å². The van der Waals surface area contributed by atoms with Crippen LogP contribution in [0.5, 0.6) is 0 Å². The van der Waals surface area contributed by atoms with Gasteiger partial charge in [-0.2, -0.15) is 0 Å². The molecule has 0 spiro atoms. The second-order valence-electron chi connectivity index (χ2n) is 3.66. The van der Waals surface area contributed by atoms with Crippen LogP contribution < -0.4 is 10.6 Å². The highest BCUT2D eigenvalue weighted by atomic mass is 16.4. The number of nitrogens with one attached hydrogen (secondary N) is 2. The van der Waals surface area contributed by atoms with E-state index in [9.17, 15) is 4.79 Å². The van der Waals surface area contributed by atoms with Crippen molar-refractivity contribution in [3.63, 3.8) is 0 Å². The van der Waals surface area contributed by atoms with Gasteiger partial charge in [-0.1, -0.05) is 0 Å². The summed E-state index contributed by atoms with van der Waals surface area (Å²) in [6.45, 7) is 4.64. The van der Waals surface area contributed by atoms with Crippen molar-refractivity contribution in [2.24, 2.45) is 5.92 Å². The van der Waals surface area contributed by atoms with Crippen molar-refractivity contribution >= 4 is 5.97 Å². The Morgan fingerprint density at radius 1 is 1.62 bits per heavy atom. The van der Waals surface area contributed by atoms with Gasteiger partial charge in [0.1, 0.15) is 6.04 Å². The summed E-state index contributed by atoms with van der Waals surface area (Å²) >= 11 is 0. The first-order chi connectivity index (χ1) is 6.20. The minimum atomic E-state index is -0.770. The number of aliphatic carboxylic acids is 1. The largest absolute Gasteiger partial charge is 0.480 e. The fourth-order valence-electron chi connectivity index (χ4n) is 1.52. The first-order valence-corrected chi connectivity index (χ1v) is 4.87. The normalized spacial score (nSPS) is 21.3. The number of rotatable bonds is 4. The van der Waals surface area contributed by atoms with Crippen molar-refractivity contribution in [3.05, 3.63) is 0 Å². The molecule has 1 fully saturated rings. The van der Waals surface area contributed by atoms with Crippen molar-refractivity contribution in [1.82, 2.24) is 10.6 Å². The van der Waals surface area contributed by atoms with E-state index < -0.39 is 12.0 Å². The van der Waals surface area contributed by atoms with Crippen LogP contribution in [0.25, 0.3) is 0 Å². The molecule has 3 N–H and O–H groups in total. The zero-order chi connectivity index (χ0) is 9.68. The van der Waals surface area contributed by atoms with Gasteiger partial charge in [-0.25, -0.2) is 0 Å². The van der Waals surface area contributed by atoms with Crippen LogP contribution in [0.1, 0.15) is 19.8 Å². The second-order valence-corrected chi connectivity index (χ2v) is 3.66. The maximum Gasteiger partial charge on any atom is 0.320 e. The molecule has 1 rings (SSSR count). The fourth-order valence-corrected chi connectivity index (χ4v) is 1.52. The van der Waals surface area contributed by atoms with E-state index in [0.717, 1.165) is 32.5 Å². The monoisotopic (exact) mass is 186 g/mol. The van der Waals surface area contributed by atoms with E-state index >= 15 is 0 Å². The highest BCUT2D eigenvalue weighted by Crippen LogP contribution is 2.09. The molecule has 76 valence electrons. The molecule has 4 nitrogen and oxygen atoms in total. The molecule has 0 amide bonds. The van der Waals surface area contributed by atoms with Gasteiger partial charge >= 0.3 is 5.97 Å². The lowest BCUT2D eigenvalue weighted by Crippen LogP contribution is -2.40. The lowest BCUT2D eigenvalue weighted by molar-refractivity contribution is -0.139. The number of piperidine rings is 1. The predicted molar refractivity (Wildman–Crippen MR) is 50.7 cm³/mol. The van der Waals surface area contributed by atoms with Crippen molar-refractivity contribution in [2.45, 2.75) is 25.8 Å². The summed E-state index contributed by atoms with van der Waals surface area (Å²) in [7, 11) is 0. The van der Waals surface area contributed by atoms with Gasteiger partial charge in [0.15, 0.2) is 0 Å². The lowest BCUT2D eigenvalue weighted by atomic mass is 9.98. The molecule has 1 aliphatic heterocycles. The number of hydrogen-bond acceptors (Lipinski definition) is 3. The second kappa shape index (κ2) is 5.19. The molecule has 0 saturated carbocycles. The Labute approximate surface area is 78.7 Å². The van der Waals surface area contributed by atoms with Gasteiger partial charge in [0.2, 0.25) is 0 Å². The number of carboxylic acids is 1. The average Bonchev–Trinajstić information content (AvgIpc) is 2.15. The SMILES string of the molecule is CC(NCC1CCNCC1)C(=O)O. The Hall–Kier alpha value is -0.610. The van der Waals surface area contributed by atoms with Crippen LogP contribution in [0.15, 0.2) is 0 Å². The summed E-state index contributed by atoms with van der Waals surface area (Å²) in [5.74, 6) is -0.128. The van der Waals surface area contributed by atoms with Crippen LogP contribution in [-0.2, 0) is 4.79 Å². The zero-order valence-electron chi connectivity index (χ0n) is 8.05. The summed E-state index contributed by atoms with van der Waals surface area (Å²) in [5, 5.41) is 14.9. The van der Waals surface area contributed by atoms with Crippen molar-refractivity contribution in [1.29, 1.82) is 0 Å². The van der Waals surface area contributed by atoms with Crippen LogP contribution in [0.4, 0.5) is 0 Å². The molecule has 0 aromatic carbocycles. The smallest absolute Gasteiger partial charge is 0.320 e. The van der Waals surface area contributed by atoms with Crippen molar-refractivity contribution < 1.29 is 9.90 Å². The summed E-state index contributed by atoms with van der Waals surface area (Å²) in [6.07, 6.45) is 2.30. The molecule has 0 bridgehead atoms. The van der Waals surface area contributed by atoms with Crippen molar-refractivity contribution in [2.75, 3.05) is 19.6 Å². The molecule has 4 heteroatoms. The highest BCUT2D eigenvalue weighted by molar-refractivity contribution is 5.72. The van der Waals surface area contributed by atoms with E-state index in [1.54, 1.807) is 6.92 Å². The van der Waals surface area contributed by atoms with Gasteiger partial charge in [0, 0.05) is 0 Å². The standard InChI is InChI=1S/C9H18N2O2/c1-7(9(12)13)11-6-8-2-4-10-5-3-8/h7-8,10-11H,2-6H2,1H3,(H,12,13). The van der Waals surface area contributed by atoms with Gasteiger partial charge in [-0.15, -0.1) is 0 Å². The molecular weight excluding hydrogens is 168 g/mol. The molecule has 0 aliphatic carbocycles. The van der Waals surface area contributed by atoms with Gasteiger partial charge in [0.05, 0.1) is 0 Å². The average molecular weight is 186 g/mol. The maximum absolute atomic E-state index is 10.5. The van der Waals surface area contributed by atoms with E-state index in [1.165, 1.54) is 0 Å². The first-order valence-electron chi connectivity index (χ1n) is 4.87. The highest BCUT2D eigenvalue weighted by Gasteiger charge is 2.15. The van der Waals surface area contributed by atoms with E-state index in [-0.39, 0.29) is 0 Å². The number of carboxylic acid groups (broad SMARTS) is 1. The van der Waals surface area contributed by atoms with Gasteiger partial charge in [-0.3, -0.25) is 4.79 Å². The van der Waals surface area contributed by atoms with Crippen LogP contribution in [0.3, 0.4) is 0 Å². The molecule has 13 heavy (non-hydrogen) atoms. The van der Waals surface area contributed by atoms with E-state index in [2.05, 4.69) is 10.6 Å². The molecule has 1 atom stereocenters. The van der Waals surface area contributed by atoms with Crippen molar-refractivity contribution in [3.8, 4) is 0 Å². The third kappa shape index (κ3) is 3.74. The van der Waals surface area contributed by atoms with Crippen LogP contribution in [0.2, 0.25) is 0 Å². The third-order valence-corrected chi connectivity index (χ3v) is 2.54. The third-order valence-electron chi connectivity index (χ3n) is 2.54. The van der Waals surface area contributed by atoms with Gasteiger partial charge in [-0.05, 0) is 45.3 Å². The Morgan fingerprint density at radius 2 is 2.23 bits per heavy atom. The molecule has 1 aliphatic rings. The molecule has 1 unspecified atom stereocenters. The molecular formula is C9H18N2O2. The molecule has 0 radical (unpaired) electrons. The Bertz CT molecular complexity index is 167. The van der Waals surface area contributed by atoms with Crippen LogP contribution in [0, 0.1) is 5.92 Å². The Kier molecular flexibility index (Phi) is 4.18. The molecule has 1 saturated heterocycles. The first kappa shape index (κ1) is 10.5. The summed E-state index contributed by atoms with van der Waals surface area (Å²) in [6, 6.07) is -0.421. The minimum absolute atomic E-state index is 0.421. The number of hydrogen-bond donors (Lipinski definition) is 3. The number of carbonyl (C=O) groups is 1. The lowest BCUT2D eigenvalue weighted by Gasteiger charge is -2.23. The van der Waals surface area contributed by atoms with Crippen LogP contribution >= 0.6 is 0 Å².